The molecule has 3 unspecified atom stereocenters. The molecule has 1 aromatic heterocycles. The van der Waals surface area contributed by atoms with Gasteiger partial charge in [-0.3, -0.25) is 14.3 Å². The van der Waals surface area contributed by atoms with E-state index in [1.807, 2.05) is 6.92 Å². The molecule has 23 heavy (non-hydrogen) atoms. The van der Waals surface area contributed by atoms with E-state index in [2.05, 4.69) is 4.98 Å². The fourth-order valence-electron chi connectivity index (χ4n) is 2.29. The molecule has 0 bridgehead atoms. The maximum Gasteiger partial charge on any atom is 0.330 e. The van der Waals surface area contributed by atoms with Crippen LogP contribution in [-0.4, -0.2) is 33.8 Å². The SMILES string of the molecule is CCCCOP(O)OCC1CCC(n2cc(C)c(=O)[nH]c2=O)O1. The van der Waals surface area contributed by atoms with Crippen LogP contribution in [0.15, 0.2) is 15.8 Å². The molecule has 1 aliphatic heterocycles. The van der Waals surface area contributed by atoms with Gasteiger partial charge in [-0.15, -0.1) is 0 Å². The molecule has 2 rings (SSSR count). The number of nitrogens with zero attached hydrogens (tertiary/aromatic N) is 1. The first-order valence-electron chi connectivity index (χ1n) is 7.73. The average Bonchev–Trinajstić information content (AvgIpc) is 2.98. The first kappa shape index (κ1) is 18.3. The number of rotatable bonds is 8. The molecule has 130 valence electrons. The molecule has 9 heteroatoms. The van der Waals surface area contributed by atoms with Crippen LogP contribution in [0.3, 0.4) is 0 Å². The van der Waals surface area contributed by atoms with Gasteiger partial charge in [-0.25, -0.2) is 4.79 Å². The Kier molecular flexibility index (Phi) is 6.92. The van der Waals surface area contributed by atoms with Gasteiger partial charge in [0.2, 0.25) is 0 Å². The molecule has 1 fully saturated rings. The Morgan fingerprint density at radius 2 is 2.22 bits per heavy atom. The molecule has 1 saturated heterocycles. The van der Waals surface area contributed by atoms with E-state index in [1.165, 1.54) is 10.8 Å². The maximum atomic E-state index is 11.8. The van der Waals surface area contributed by atoms with E-state index in [1.54, 1.807) is 6.92 Å². The van der Waals surface area contributed by atoms with Gasteiger partial charge in [0.25, 0.3) is 5.56 Å². The molecule has 0 spiro atoms. The van der Waals surface area contributed by atoms with E-state index in [4.69, 9.17) is 13.8 Å². The number of unbranched alkanes of at least 4 members (excludes halogenated alkanes) is 1. The summed E-state index contributed by atoms with van der Waals surface area (Å²) < 4.78 is 17.6. The number of ether oxygens (including phenoxy) is 1. The van der Waals surface area contributed by atoms with Crippen molar-refractivity contribution >= 4 is 8.60 Å². The lowest BCUT2D eigenvalue weighted by atomic mass is 10.2. The van der Waals surface area contributed by atoms with E-state index < -0.39 is 20.5 Å². The Morgan fingerprint density at radius 1 is 1.43 bits per heavy atom. The van der Waals surface area contributed by atoms with Crippen molar-refractivity contribution in [1.29, 1.82) is 0 Å². The van der Waals surface area contributed by atoms with Gasteiger partial charge >= 0.3 is 14.3 Å². The first-order chi connectivity index (χ1) is 11.0. The molecular formula is C14H23N2O6P. The van der Waals surface area contributed by atoms with Crippen LogP contribution in [0.5, 0.6) is 0 Å². The smallest absolute Gasteiger partial charge is 0.330 e. The number of hydrogen-bond acceptors (Lipinski definition) is 6. The zero-order chi connectivity index (χ0) is 16.8. The molecule has 0 amide bonds. The minimum Gasteiger partial charge on any atom is -0.352 e. The zero-order valence-electron chi connectivity index (χ0n) is 13.4. The molecule has 3 atom stereocenters. The van der Waals surface area contributed by atoms with Gasteiger partial charge in [0.15, 0.2) is 0 Å². The number of aromatic nitrogens is 2. The largest absolute Gasteiger partial charge is 0.352 e. The lowest BCUT2D eigenvalue weighted by molar-refractivity contribution is -0.0227. The highest BCUT2D eigenvalue weighted by molar-refractivity contribution is 7.40. The third-order valence-corrected chi connectivity index (χ3v) is 4.39. The Hall–Kier alpha value is -1.05. The quantitative estimate of drug-likeness (QED) is 0.547. The minimum absolute atomic E-state index is 0.210. The van der Waals surface area contributed by atoms with Crippen LogP contribution in [0, 0.1) is 6.92 Å². The topological polar surface area (TPSA) is 103 Å². The van der Waals surface area contributed by atoms with Crippen LogP contribution in [0.2, 0.25) is 0 Å². The third-order valence-electron chi connectivity index (χ3n) is 3.61. The van der Waals surface area contributed by atoms with E-state index in [-0.39, 0.29) is 18.3 Å². The van der Waals surface area contributed by atoms with E-state index >= 15 is 0 Å². The fraction of sp³-hybridized carbons (Fsp3) is 0.714. The summed E-state index contributed by atoms with van der Waals surface area (Å²) in [5.41, 5.74) is -0.421. The summed E-state index contributed by atoms with van der Waals surface area (Å²) >= 11 is 0. The molecular weight excluding hydrogens is 323 g/mol. The third kappa shape index (κ3) is 5.22. The number of aromatic amines is 1. The van der Waals surface area contributed by atoms with Crippen LogP contribution in [0.4, 0.5) is 0 Å². The Balaban J connectivity index is 1.83. The Labute approximate surface area is 135 Å². The predicted octanol–water partition coefficient (Wildman–Crippen LogP) is 1.58. The second kappa shape index (κ2) is 8.70. The zero-order valence-corrected chi connectivity index (χ0v) is 14.3. The summed E-state index contributed by atoms with van der Waals surface area (Å²) in [6.07, 6.45) is 4.06. The van der Waals surface area contributed by atoms with Gasteiger partial charge in [-0.05, 0) is 26.2 Å². The summed E-state index contributed by atoms with van der Waals surface area (Å²) in [6, 6.07) is 0. The van der Waals surface area contributed by atoms with Gasteiger partial charge in [-0.1, -0.05) is 13.3 Å². The molecule has 0 radical (unpaired) electrons. The molecule has 0 aromatic carbocycles. The predicted molar refractivity (Wildman–Crippen MR) is 85.2 cm³/mol. The summed E-state index contributed by atoms with van der Waals surface area (Å²) in [4.78, 5) is 35.1. The van der Waals surface area contributed by atoms with Crippen molar-refractivity contribution in [2.45, 2.75) is 51.9 Å². The van der Waals surface area contributed by atoms with Gasteiger partial charge in [-0.2, -0.15) is 0 Å². The highest BCUT2D eigenvalue weighted by atomic mass is 31.2. The molecule has 2 heterocycles. The maximum absolute atomic E-state index is 11.8. The molecule has 1 aliphatic rings. The lowest BCUT2D eigenvalue weighted by Crippen LogP contribution is -2.33. The lowest BCUT2D eigenvalue weighted by Gasteiger charge is -2.17. The Morgan fingerprint density at radius 3 is 2.96 bits per heavy atom. The van der Waals surface area contributed by atoms with E-state index in [0.717, 1.165) is 12.8 Å². The highest BCUT2D eigenvalue weighted by Gasteiger charge is 2.28. The average molecular weight is 346 g/mol. The second-order valence-corrected chi connectivity index (χ2v) is 6.48. The van der Waals surface area contributed by atoms with Crippen molar-refractivity contribution < 1.29 is 18.7 Å². The van der Waals surface area contributed by atoms with Crippen molar-refractivity contribution in [3.63, 3.8) is 0 Å². The highest BCUT2D eigenvalue weighted by Crippen LogP contribution is 2.35. The van der Waals surface area contributed by atoms with E-state index in [0.29, 0.717) is 25.0 Å². The van der Waals surface area contributed by atoms with Gasteiger partial charge < -0.3 is 18.7 Å². The molecule has 2 N–H and O–H groups in total. The minimum atomic E-state index is -1.89. The van der Waals surface area contributed by atoms with Gasteiger partial charge in [0, 0.05) is 11.8 Å². The molecule has 1 aromatic rings. The summed E-state index contributed by atoms with van der Waals surface area (Å²) in [6.45, 7) is 4.36. The summed E-state index contributed by atoms with van der Waals surface area (Å²) in [5, 5.41) is 0. The second-order valence-electron chi connectivity index (χ2n) is 5.49. The number of nitrogens with one attached hydrogen (secondary N) is 1. The van der Waals surface area contributed by atoms with Gasteiger partial charge in [0.1, 0.15) is 6.23 Å². The fourth-order valence-corrected chi connectivity index (χ4v) is 2.94. The first-order valence-corrected chi connectivity index (χ1v) is 8.86. The summed E-state index contributed by atoms with van der Waals surface area (Å²) in [7, 11) is -1.89. The van der Waals surface area contributed by atoms with Crippen LogP contribution >= 0.6 is 8.60 Å². The van der Waals surface area contributed by atoms with Crippen LogP contribution < -0.4 is 11.2 Å². The van der Waals surface area contributed by atoms with E-state index in [9.17, 15) is 14.5 Å². The van der Waals surface area contributed by atoms with Crippen molar-refractivity contribution in [3.05, 3.63) is 32.6 Å². The molecule has 0 aliphatic carbocycles. The van der Waals surface area contributed by atoms with Crippen LogP contribution in [0.1, 0.15) is 44.4 Å². The normalized spacial score (nSPS) is 22.4. The number of aryl methyl sites for hydroxylation is 1. The van der Waals surface area contributed by atoms with Crippen molar-refractivity contribution in [3.8, 4) is 0 Å². The summed E-state index contributed by atoms with van der Waals surface area (Å²) in [5.74, 6) is 0. The Bertz CT molecular complexity index is 616. The van der Waals surface area contributed by atoms with Crippen molar-refractivity contribution in [2.24, 2.45) is 0 Å². The van der Waals surface area contributed by atoms with Crippen LogP contribution in [0.25, 0.3) is 0 Å². The van der Waals surface area contributed by atoms with Crippen LogP contribution in [-0.2, 0) is 13.8 Å². The standard InChI is InChI=1S/C14H23N2O6P/c1-3-4-7-20-23(19)21-9-11-5-6-12(22-11)16-8-10(2)13(17)15-14(16)18/h8,11-12,19H,3-7,9H2,1-2H3,(H,15,17,18). The number of H-pyrrole nitrogens is 1. The van der Waals surface area contributed by atoms with Crippen molar-refractivity contribution in [2.75, 3.05) is 13.2 Å². The van der Waals surface area contributed by atoms with Crippen molar-refractivity contribution in [1.82, 2.24) is 9.55 Å². The van der Waals surface area contributed by atoms with Gasteiger partial charge in [0.05, 0.1) is 19.3 Å². The monoisotopic (exact) mass is 346 g/mol. The number of hydrogen-bond donors (Lipinski definition) is 2. The molecule has 8 nitrogen and oxygen atoms in total. The molecule has 0 saturated carbocycles.